The van der Waals surface area contributed by atoms with Gasteiger partial charge in [0.1, 0.15) is 11.6 Å². The highest BCUT2D eigenvalue weighted by Crippen LogP contribution is 2.41. The van der Waals surface area contributed by atoms with Crippen molar-refractivity contribution < 1.29 is 9.53 Å². The molecular weight excluding hydrogens is 202 g/mol. The van der Waals surface area contributed by atoms with E-state index in [1.165, 1.54) is 25.2 Å². The summed E-state index contributed by atoms with van der Waals surface area (Å²) in [4.78, 5) is 15.4. The minimum absolute atomic E-state index is 0.132. The third-order valence-electron chi connectivity index (χ3n) is 2.12. The predicted molar refractivity (Wildman–Crippen MR) is 50.8 cm³/mol. The SMILES string of the molecule is COC(=O)C(Sc1ncn[nH]1)C1CC1. The Morgan fingerprint density at radius 2 is 2.57 bits per heavy atom. The Labute approximate surface area is 85.6 Å². The van der Waals surface area contributed by atoms with Crippen molar-refractivity contribution >= 4 is 17.7 Å². The number of thioether (sulfide) groups is 1. The lowest BCUT2D eigenvalue weighted by Crippen LogP contribution is -2.21. The second kappa shape index (κ2) is 4.00. The third-order valence-corrected chi connectivity index (χ3v) is 3.37. The van der Waals surface area contributed by atoms with Crippen LogP contribution in [-0.4, -0.2) is 33.5 Å². The lowest BCUT2D eigenvalue weighted by atomic mass is 10.3. The molecule has 1 unspecified atom stereocenters. The maximum Gasteiger partial charge on any atom is 0.319 e. The Balaban J connectivity index is 2.00. The Kier molecular flexibility index (Phi) is 2.72. The van der Waals surface area contributed by atoms with Crippen LogP contribution in [0, 0.1) is 5.92 Å². The molecule has 76 valence electrons. The summed E-state index contributed by atoms with van der Waals surface area (Å²) in [6.07, 6.45) is 3.63. The van der Waals surface area contributed by atoms with Crippen molar-refractivity contribution in [2.75, 3.05) is 7.11 Å². The van der Waals surface area contributed by atoms with Crippen LogP contribution < -0.4 is 0 Å². The molecule has 0 aliphatic heterocycles. The normalized spacial score (nSPS) is 17.8. The van der Waals surface area contributed by atoms with Gasteiger partial charge in [-0.05, 0) is 18.8 Å². The summed E-state index contributed by atoms with van der Waals surface area (Å²) >= 11 is 1.39. The molecule has 6 heteroatoms. The van der Waals surface area contributed by atoms with Crippen molar-refractivity contribution in [2.45, 2.75) is 23.2 Å². The molecule has 1 aromatic heterocycles. The van der Waals surface area contributed by atoms with Crippen LogP contribution in [0.2, 0.25) is 0 Å². The smallest absolute Gasteiger partial charge is 0.319 e. The van der Waals surface area contributed by atoms with Crippen LogP contribution in [0.25, 0.3) is 0 Å². The van der Waals surface area contributed by atoms with E-state index in [9.17, 15) is 4.79 Å². The van der Waals surface area contributed by atoms with E-state index in [1.807, 2.05) is 0 Å². The lowest BCUT2D eigenvalue weighted by molar-refractivity contribution is -0.140. The maximum atomic E-state index is 11.4. The Hall–Kier alpha value is -1.04. The molecule has 5 nitrogen and oxygen atoms in total. The number of aromatic nitrogens is 3. The van der Waals surface area contributed by atoms with Crippen molar-refractivity contribution in [3.05, 3.63) is 6.33 Å². The van der Waals surface area contributed by atoms with Gasteiger partial charge in [0.2, 0.25) is 0 Å². The Bertz CT molecular complexity index is 310. The van der Waals surface area contributed by atoms with E-state index in [1.54, 1.807) is 0 Å². The quantitative estimate of drug-likeness (QED) is 0.593. The largest absolute Gasteiger partial charge is 0.468 e. The number of methoxy groups -OCH3 is 1. The molecule has 1 atom stereocenters. The first kappa shape index (κ1) is 9.51. The molecular formula is C8H11N3O2S. The van der Waals surface area contributed by atoms with Gasteiger partial charge in [0, 0.05) is 0 Å². The summed E-state index contributed by atoms with van der Waals surface area (Å²) < 4.78 is 4.74. The molecule has 0 aromatic carbocycles. The van der Waals surface area contributed by atoms with E-state index < -0.39 is 0 Å². The number of nitrogens with one attached hydrogen (secondary N) is 1. The van der Waals surface area contributed by atoms with E-state index >= 15 is 0 Å². The number of hydrogen-bond donors (Lipinski definition) is 1. The highest BCUT2D eigenvalue weighted by molar-refractivity contribution is 8.00. The van der Waals surface area contributed by atoms with Gasteiger partial charge in [-0.3, -0.25) is 9.89 Å². The highest BCUT2D eigenvalue weighted by Gasteiger charge is 2.38. The fourth-order valence-electron chi connectivity index (χ4n) is 1.22. The molecule has 1 saturated carbocycles. The van der Waals surface area contributed by atoms with Crippen LogP contribution in [0.1, 0.15) is 12.8 Å². The number of carbonyl (C=O) groups excluding carboxylic acids is 1. The molecule has 0 amide bonds. The minimum atomic E-state index is -0.172. The number of nitrogens with zero attached hydrogens (tertiary/aromatic N) is 2. The molecule has 1 heterocycles. The van der Waals surface area contributed by atoms with Crippen molar-refractivity contribution in [3.8, 4) is 0 Å². The van der Waals surface area contributed by atoms with Gasteiger partial charge < -0.3 is 4.74 Å². The van der Waals surface area contributed by atoms with Gasteiger partial charge in [0.05, 0.1) is 7.11 Å². The molecule has 1 aliphatic carbocycles. The number of hydrogen-bond acceptors (Lipinski definition) is 5. The first-order valence-corrected chi connectivity index (χ1v) is 5.29. The lowest BCUT2D eigenvalue weighted by Gasteiger charge is -2.10. The molecule has 0 saturated heterocycles. The number of carbonyl (C=O) groups is 1. The van der Waals surface area contributed by atoms with Gasteiger partial charge in [-0.2, -0.15) is 5.10 Å². The second-order valence-electron chi connectivity index (χ2n) is 3.19. The fraction of sp³-hybridized carbons (Fsp3) is 0.625. The zero-order valence-corrected chi connectivity index (χ0v) is 8.58. The molecule has 2 rings (SSSR count). The van der Waals surface area contributed by atoms with Gasteiger partial charge in [-0.25, -0.2) is 4.98 Å². The number of aromatic amines is 1. The number of ether oxygens (including phenoxy) is 1. The summed E-state index contributed by atoms with van der Waals surface area (Å²) in [5.41, 5.74) is 0. The van der Waals surface area contributed by atoms with Crippen LogP contribution in [0.3, 0.4) is 0 Å². The number of rotatable bonds is 4. The topological polar surface area (TPSA) is 67.9 Å². The molecule has 0 spiro atoms. The highest BCUT2D eigenvalue weighted by atomic mass is 32.2. The number of H-pyrrole nitrogens is 1. The summed E-state index contributed by atoms with van der Waals surface area (Å²) in [5, 5.41) is 7.00. The van der Waals surface area contributed by atoms with Crippen molar-refractivity contribution in [1.82, 2.24) is 15.2 Å². The second-order valence-corrected chi connectivity index (χ2v) is 4.32. The summed E-state index contributed by atoms with van der Waals surface area (Å²) in [6.45, 7) is 0. The molecule has 14 heavy (non-hydrogen) atoms. The summed E-state index contributed by atoms with van der Waals surface area (Å²) in [5.74, 6) is 0.270. The van der Waals surface area contributed by atoms with Crippen LogP contribution in [0.15, 0.2) is 11.5 Å². The minimum Gasteiger partial charge on any atom is -0.468 e. The molecule has 1 aromatic rings. The van der Waals surface area contributed by atoms with Crippen LogP contribution >= 0.6 is 11.8 Å². The molecule has 1 aliphatic rings. The maximum absolute atomic E-state index is 11.4. The van der Waals surface area contributed by atoms with Crippen molar-refractivity contribution in [3.63, 3.8) is 0 Å². The van der Waals surface area contributed by atoms with Gasteiger partial charge >= 0.3 is 5.97 Å². The first-order chi connectivity index (χ1) is 6.81. The van der Waals surface area contributed by atoms with E-state index in [0.717, 1.165) is 12.8 Å². The standard InChI is InChI=1S/C8H11N3O2S/c1-13-7(12)6(5-2-3-5)14-8-9-4-10-11-8/h4-6H,2-3H2,1H3,(H,9,10,11). The Morgan fingerprint density at radius 3 is 3.07 bits per heavy atom. The van der Waals surface area contributed by atoms with E-state index in [-0.39, 0.29) is 11.2 Å². The molecule has 1 N–H and O–H groups in total. The van der Waals surface area contributed by atoms with Gasteiger partial charge in [-0.1, -0.05) is 11.8 Å². The van der Waals surface area contributed by atoms with Crippen molar-refractivity contribution in [2.24, 2.45) is 5.92 Å². The monoisotopic (exact) mass is 213 g/mol. The van der Waals surface area contributed by atoms with Gasteiger partial charge in [0.15, 0.2) is 5.16 Å². The fourth-order valence-corrected chi connectivity index (χ4v) is 2.33. The van der Waals surface area contributed by atoms with Gasteiger partial charge in [0.25, 0.3) is 0 Å². The first-order valence-electron chi connectivity index (χ1n) is 4.41. The zero-order valence-electron chi connectivity index (χ0n) is 7.77. The van der Waals surface area contributed by atoms with Crippen LogP contribution in [0.5, 0.6) is 0 Å². The molecule has 0 radical (unpaired) electrons. The predicted octanol–water partition coefficient (Wildman–Crippen LogP) is 0.848. The third kappa shape index (κ3) is 2.06. The molecule has 0 bridgehead atoms. The van der Waals surface area contributed by atoms with Crippen LogP contribution in [-0.2, 0) is 9.53 Å². The number of esters is 1. The average Bonchev–Trinajstić information content (AvgIpc) is 2.92. The van der Waals surface area contributed by atoms with E-state index in [2.05, 4.69) is 15.2 Å². The van der Waals surface area contributed by atoms with Gasteiger partial charge in [-0.15, -0.1) is 0 Å². The van der Waals surface area contributed by atoms with Crippen molar-refractivity contribution in [1.29, 1.82) is 0 Å². The summed E-state index contributed by atoms with van der Waals surface area (Å²) in [6, 6.07) is 0. The Morgan fingerprint density at radius 1 is 1.79 bits per heavy atom. The van der Waals surface area contributed by atoms with E-state index in [4.69, 9.17) is 4.74 Å². The van der Waals surface area contributed by atoms with E-state index in [0.29, 0.717) is 11.1 Å². The zero-order chi connectivity index (χ0) is 9.97. The average molecular weight is 213 g/mol. The summed E-state index contributed by atoms with van der Waals surface area (Å²) in [7, 11) is 1.42. The van der Waals surface area contributed by atoms with Crippen LogP contribution in [0.4, 0.5) is 0 Å². The molecule has 1 fully saturated rings.